The van der Waals surface area contributed by atoms with Crippen LogP contribution in [0.15, 0.2) is 23.0 Å². The molecular formula is C20H27N3O4. The maximum Gasteiger partial charge on any atom is 0.251 e. The topological polar surface area (TPSA) is 76.7 Å². The first-order valence-corrected chi connectivity index (χ1v) is 9.13. The summed E-state index contributed by atoms with van der Waals surface area (Å²) in [6.45, 7) is 4.48. The molecule has 2 aromatic rings. The van der Waals surface area contributed by atoms with Gasteiger partial charge in [0.25, 0.3) is 5.56 Å². The zero-order valence-electron chi connectivity index (χ0n) is 16.4. The number of aromatic nitrogens is 2. The van der Waals surface area contributed by atoms with E-state index in [1.807, 2.05) is 19.1 Å². The minimum Gasteiger partial charge on any atom is -0.493 e. The second-order valence-corrected chi connectivity index (χ2v) is 6.88. The molecule has 146 valence electrons. The smallest absolute Gasteiger partial charge is 0.251 e. The Balaban J connectivity index is 1.78. The Morgan fingerprint density at radius 3 is 2.44 bits per heavy atom. The average molecular weight is 373 g/mol. The summed E-state index contributed by atoms with van der Waals surface area (Å²) >= 11 is 0. The summed E-state index contributed by atoms with van der Waals surface area (Å²) in [5.41, 5.74) is 1.77. The molecule has 2 heterocycles. The molecule has 1 unspecified atom stereocenters. The molecule has 0 radical (unpaired) electrons. The second kappa shape index (κ2) is 8.43. The number of piperidine rings is 1. The van der Waals surface area contributed by atoms with Gasteiger partial charge in [-0.2, -0.15) is 0 Å². The van der Waals surface area contributed by atoms with Gasteiger partial charge in [0.2, 0.25) is 5.75 Å². The molecule has 1 aliphatic heterocycles. The third-order valence-corrected chi connectivity index (χ3v) is 4.91. The van der Waals surface area contributed by atoms with Crippen molar-refractivity contribution in [1.82, 2.24) is 14.9 Å². The van der Waals surface area contributed by atoms with E-state index in [2.05, 4.69) is 14.9 Å². The van der Waals surface area contributed by atoms with E-state index < -0.39 is 0 Å². The van der Waals surface area contributed by atoms with E-state index in [0.29, 0.717) is 17.2 Å². The van der Waals surface area contributed by atoms with Crippen LogP contribution >= 0.6 is 0 Å². The van der Waals surface area contributed by atoms with Crippen LogP contribution in [0, 0.1) is 6.92 Å². The van der Waals surface area contributed by atoms with E-state index in [4.69, 9.17) is 14.2 Å². The first kappa shape index (κ1) is 19.2. The molecule has 1 aliphatic rings. The lowest BCUT2D eigenvalue weighted by Gasteiger charge is -2.32. The van der Waals surface area contributed by atoms with E-state index in [9.17, 15) is 4.79 Å². The predicted octanol–water partition coefficient (Wildman–Crippen LogP) is 2.48. The second-order valence-electron chi connectivity index (χ2n) is 6.88. The SMILES string of the molecule is COc1cc(CN2CCCC(c3nc(C)cc(=O)[nH]3)C2)cc(OC)c1OC. The third kappa shape index (κ3) is 4.42. The van der Waals surface area contributed by atoms with Crippen molar-refractivity contribution in [1.29, 1.82) is 0 Å². The Morgan fingerprint density at radius 1 is 1.15 bits per heavy atom. The normalized spacial score (nSPS) is 17.6. The number of aromatic amines is 1. The number of ether oxygens (including phenoxy) is 3. The fourth-order valence-corrected chi connectivity index (χ4v) is 3.70. The highest BCUT2D eigenvalue weighted by atomic mass is 16.5. The summed E-state index contributed by atoms with van der Waals surface area (Å²) in [5.74, 6) is 2.93. The van der Waals surface area contributed by atoms with Gasteiger partial charge in [0, 0.05) is 30.8 Å². The molecule has 1 aromatic heterocycles. The lowest BCUT2D eigenvalue weighted by atomic mass is 9.96. The Kier molecular flexibility index (Phi) is 6.01. The van der Waals surface area contributed by atoms with Crippen LogP contribution in [0.25, 0.3) is 0 Å². The van der Waals surface area contributed by atoms with E-state index in [1.165, 1.54) is 6.07 Å². The quantitative estimate of drug-likeness (QED) is 0.838. The molecule has 7 nitrogen and oxygen atoms in total. The van der Waals surface area contributed by atoms with E-state index in [-0.39, 0.29) is 11.5 Å². The van der Waals surface area contributed by atoms with E-state index in [0.717, 1.165) is 49.6 Å². The zero-order valence-corrected chi connectivity index (χ0v) is 16.4. The number of nitrogens with one attached hydrogen (secondary N) is 1. The van der Waals surface area contributed by atoms with Crippen molar-refractivity contribution >= 4 is 0 Å². The van der Waals surface area contributed by atoms with Gasteiger partial charge in [-0.05, 0) is 44.0 Å². The number of rotatable bonds is 6. The van der Waals surface area contributed by atoms with Crippen LogP contribution in [-0.2, 0) is 6.54 Å². The molecule has 3 rings (SSSR count). The number of aryl methyl sites for hydroxylation is 1. The van der Waals surface area contributed by atoms with Gasteiger partial charge in [-0.15, -0.1) is 0 Å². The van der Waals surface area contributed by atoms with Gasteiger partial charge in [-0.1, -0.05) is 0 Å². The summed E-state index contributed by atoms with van der Waals surface area (Å²) in [5, 5.41) is 0. The van der Waals surface area contributed by atoms with Crippen molar-refractivity contribution in [3.63, 3.8) is 0 Å². The van der Waals surface area contributed by atoms with Crippen molar-refractivity contribution in [2.45, 2.75) is 32.2 Å². The lowest BCUT2D eigenvalue weighted by molar-refractivity contribution is 0.196. The molecule has 1 fully saturated rings. The van der Waals surface area contributed by atoms with Crippen molar-refractivity contribution in [2.24, 2.45) is 0 Å². The number of H-pyrrole nitrogens is 1. The molecule has 0 aliphatic carbocycles. The van der Waals surface area contributed by atoms with E-state index >= 15 is 0 Å². The molecular weight excluding hydrogens is 346 g/mol. The van der Waals surface area contributed by atoms with Crippen molar-refractivity contribution in [2.75, 3.05) is 34.4 Å². The average Bonchev–Trinajstić information content (AvgIpc) is 2.66. The molecule has 1 atom stereocenters. The molecule has 27 heavy (non-hydrogen) atoms. The monoisotopic (exact) mass is 373 g/mol. The van der Waals surface area contributed by atoms with Gasteiger partial charge < -0.3 is 19.2 Å². The van der Waals surface area contributed by atoms with Crippen molar-refractivity contribution in [3.8, 4) is 17.2 Å². The maximum atomic E-state index is 11.8. The fraction of sp³-hybridized carbons (Fsp3) is 0.500. The molecule has 1 aromatic carbocycles. The summed E-state index contributed by atoms with van der Waals surface area (Å²) in [6, 6.07) is 5.50. The zero-order chi connectivity index (χ0) is 19.4. The van der Waals surface area contributed by atoms with Gasteiger partial charge in [0.15, 0.2) is 11.5 Å². The molecule has 7 heteroatoms. The Morgan fingerprint density at radius 2 is 1.85 bits per heavy atom. The highest BCUT2D eigenvalue weighted by Crippen LogP contribution is 2.38. The molecule has 0 amide bonds. The van der Waals surface area contributed by atoms with Gasteiger partial charge in [-0.25, -0.2) is 4.98 Å². The fourth-order valence-electron chi connectivity index (χ4n) is 3.70. The van der Waals surface area contributed by atoms with Crippen LogP contribution in [0.2, 0.25) is 0 Å². The number of nitrogens with zero attached hydrogens (tertiary/aromatic N) is 2. The highest BCUT2D eigenvalue weighted by molar-refractivity contribution is 5.53. The van der Waals surface area contributed by atoms with Crippen molar-refractivity contribution in [3.05, 3.63) is 45.6 Å². The van der Waals surface area contributed by atoms with Gasteiger partial charge in [0.05, 0.1) is 21.3 Å². The van der Waals surface area contributed by atoms with Crippen LogP contribution < -0.4 is 19.8 Å². The number of hydrogen-bond donors (Lipinski definition) is 1. The first-order chi connectivity index (χ1) is 13.0. The highest BCUT2D eigenvalue weighted by Gasteiger charge is 2.24. The first-order valence-electron chi connectivity index (χ1n) is 9.13. The maximum absolute atomic E-state index is 11.8. The Hall–Kier alpha value is -2.54. The van der Waals surface area contributed by atoms with E-state index in [1.54, 1.807) is 21.3 Å². The Bertz CT molecular complexity index is 824. The summed E-state index contributed by atoms with van der Waals surface area (Å²) in [4.78, 5) is 21.6. The summed E-state index contributed by atoms with van der Waals surface area (Å²) in [7, 11) is 4.85. The number of hydrogen-bond acceptors (Lipinski definition) is 6. The minimum absolute atomic E-state index is 0.0840. The predicted molar refractivity (Wildman–Crippen MR) is 103 cm³/mol. The largest absolute Gasteiger partial charge is 0.493 e. The van der Waals surface area contributed by atoms with Gasteiger partial charge >= 0.3 is 0 Å². The number of methoxy groups -OCH3 is 3. The minimum atomic E-state index is -0.0840. The molecule has 0 saturated carbocycles. The number of benzene rings is 1. The summed E-state index contributed by atoms with van der Waals surface area (Å²) in [6.07, 6.45) is 2.09. The van der Waals surface area contributed by atoms with Crippen LogP contribution in [0.4, 0.5) is 0 Å². The van der Waals surface area contributed by atoms with Crippen LogP contribution in [-0.4, -0.2) is 49.3 Å². The molecule has 0 bridgehead atoms. The van der Waals surface area contributed by atoms with Gasteiger partial charge in [-0.3, -0.25) is 9.69 Å². The lowest BCUT2D eigenvalue weighted by Crippen LogP contribution is -2.35. The van der Waals surface area contributed by atoms with Crippen LogP contribution in [0.5, 0.6) is 17.2 Å². The molecule has 1 saturated heterocycles. The van der Waals surface area contributed by atoms with Crippen LogP contribution in [0.1, 0.15) is 35.8 Å². The molecule has 0 spiro atoms. The van der Waals surface area contributed by atoms with Crippen molar-refractivity contribution < 1.29 is 14.2 Å². The summed E-state index contributed by atoms with van der Waals surface area (Å²) < 4.78 is 16.3. The van der Waals surface area contributed by atoms with Crippen LogP contribution in [0.3, 0.4) is 0 Å². The van der Waals surface area contributed by atoms with Gasteiger partial charge in [0.1, 0.15) is 5.82 Å². The molecule has 1 N–H and O–H groups in total. The number of likely N-dealkylation sites (tertiary alicyclic amines) is 1. The third-order valence-electron chi connectivity index (χ3n) is 4.91. The Labute approximate surface area is 159 Å². The standard InChI is InChI=1S/C20H27N3O4/c1-13-8-18(24)22-20(21-13)15-6-5-7-23(12-15)11-14-9-16(25-2)19(27-4)17(10-14)26-3/h8-10,15H,5-7,11-12H2,1-4H3,(H,21,22,24).